The molecule has 0 radical (unpaired) electrons. The fourth-order valence-electron chi connectivity index (χ4n) is 4.69. The molecule has 0 heterocycles. The highest BCUT2D eigenvalue weighted by molar-refractivity contribution is 5.90. The van der Waals surface area contributed by atoms with Gasteiger partial charge in [0.05, 0.1) is 11.8 Å². The standard InChI is InChI=1S/C19H32N2O2/c1-7-20(8-2)18(22)16-14-11-15(13(6)12(14)5)17(16)19(23)21(9-3)10-4/h14-17H,7-11H2,1-6H3. The van der Waals surface area contributed by atoms with Crippen LogP contribution in [-0.2, 0) is 9.59 Å². The summed E-state index contributed by atoms with van der Waals surface area (Å²) in [7, 11) is 0. The zero-order chi connectivity index (χ0) is 17.3. The van der Waals surface area contributed by atoms with Crippen LogP contribution in [-0.4, -0.2) is 47.8 Å². The van der Waals surface area contributed by atoms with Crippen molar-refractivity contribution < 1.29 is 9.59 Å². The third-order valence-corrected chi connectivity index (χ3v) is 6.22. The predicted molar refractivity (Wildman–Crippen MR) is 92.8 cm³/mol. The van der Waals surface area contributed by atoms with Crippen molar-refractivity contribution in [2.24, 2.45) is 23.7 Å². The van der Waals surface area contributed by atoms with Crippen molar-refractivity contribution in [1.29, 1.82) is 0 Å². The van der Waals surface area contributed by atoms with Crippen LogP contribution >= 0.6 is 0 Å². The van der Waals surface area contributed by atoms with Gasteiger partial charge in [-0.2, -0.15) is 0 Å². The molecule has 2 aliphatic rings. The number of carbonyl (C=O) groups is 2. The van der Waals surface area contributed by atoms with Crippen molar-refractivity contribution in [3.8, 4) is 0 Å². The smallest absolute Gasteiger partial charge is 0.227 e. The van der Waals surface area contributed by atoms with Crippen LogP contribution in [0.1, 0.15) is 48.0 Å². The van der Waals surface area contributed by atoms with Crippen LogP contribution in [0.4, 0.5) is 0 Å². The topological polar surface area (TPSA) is 40.6 Å². The first-order valence-corrected chi connectivity index (χ1v) is 9.17. The van der Waals surface area contributed by atoms with Crippen molar-refractivity contribution in [1.82, 2.24) is 9.80 Å². The minimum absolute atomic E-state index is 0.156. The molecule has 4 atom stereocenters. The van der Waals surface area contributed by atoms with Gasteiger partial charge < -0.3 is 9.80 Å². The van der Waals surface area contributed by atoms with Gasteiger partial charge in [0.1, 0.15) is 0 Å². The van der Waals surface area contributed by atoms with E-state index in [2.05, 4.69) is 13.8 Å². The van der Waals surface area contributed by atoms with Crippen LogP contribution in [0.15, 0.2) is 11.1 Å². The third kappa shape index (κ3) is 2.81. The molecule has 0 aromatic heterocycles. The van der Waals surface area contributed by atoms with E-state index in [-0.39, 0.29) is 35.5 Å². The van der Waals surface area contributed by atoms with Crippen LogP contribution in [0.3, 0.4) is 0 Å². The van der Waals surface area contributed by atoms with Crippen LogP contribution in [0.25, 0.3) is 0 Å². The second-order valence-corrected chi connectivity index (χ2v) is 6.89. The second-order valence-electron chi connectivity index (χ2n) is 6.89. The van der Waals surface area contributed by atoms with Gasteiger partial charge >= 0.3 is 0 Å². The van der Waals surface area contributed by atoms with E-state index in [9.17, 15) is 9.59 Å². The minimum Gasteiger partial charge on any atom is -0.343 e. The third-order valence-electron chi connectivity index (χ3n) is 6.22. The number of carbonyl (C=O) groups excluding carboxylic acids is 2. The largest absolute Gasteiger partial charge is 0.343 e. The molecule has 0 saturated heterocycles. The van der Waals surface area contributed by atoms with Crippen molar-refractivity contribution in [2.75, 3.05) is 26.2 Å². The highest BCUT2D eigenvalue weighted by Gasteiger charge is 2.56. The number of rotatable bonds is 6. The maximum absolute atomic E-state index is 13.1. The van der Waals surface area contributed by atoms with Gasteiger partial charge in [0.25, 0.3) is 0 Å². The van der Waals surface area contributed by atoms with Gasteiger partial charge in [0, 0.05) is 26.2 Å². The second kappa shape index (κ2) is 7.06. The normalized spacial score (nSPS) is 29.1. The Morgan fingerprint density at radius 1 is 0.783 bits per heavy atom. The minimum atomic E-state index is -0.156. The zero-order valence-corrected chi connectivity index (χ0v) is 15.6. The average Bonchev–Trinajstić information content (AvgIpc) is 3.06. The molecule has 2 bridgehead atoms. The van der Waals surface area contributed by atoms with Gasteiger partial charge in [0.15, 0.2) is 0 Å². The monoisotopic (exact) mass is 320 g/mol. The molecule has 2 aliphatic carbocycles. The number of amides is 2. The molecule has 2 amide bonds. The first-order chi connectivity index (χ1) is 10.9. The van der Waals surface area contributed by atoms with E-state index in [0.29, 0.717) is 0 Å². The van der Waals surface area contributed by atoms with Crippen LogP contribution in [0.5, 0.6) is 0 Å². The molecule has 1 fully saturated rings. The molecule has 0 aliphatic heterocycles. The fourth-order valence-corrected chi connectivity index (χ4v) is 4.69. The van der Waals surface area contributed by atoms with E-state index >= 15 is 0 Å². The summed E-state index contributed by atoms with van der Waals surface area (Å²) in [6, 6.07) is 0. The van der Waals surface area contributed by atoms with Crippen molar-refractivity contribution in [3.05, 3.63) is 11.1 Å². The van der Waals surface area contributed by atoms with Crippen molar-refractivity contribution >= 4 is 11.8 Å². The average molecular weight is 320 g/mol. The molecule has 0 spiro atoms. The number of hydrogen-bond acceptors (Lipinski definition) is 2. The van der Waals surface area contributed by atoms with Crippen LogP contribution in [0.2, 0.25) is 0 Å². The fraction of sp³-hybridized carbons (Fsp3) is 0.789. The number of allylic oxidation sites excluding steroid dienone is 2. The van der Waals surface area contributed by atoms with Gasteiger partial charge in [-0.1, -0.05) is 11.1 Å². The molecule has 4 heteroatoms. The van der Waals surface area contributed by atoms with E-state index < -0.39 is 0 Å². The number of nitrogens with zero attached hydrogens (tertiary/aromatic N) is 2. The van der Waals surface area contributed by atoms with E-state index in [1.165, 1.54) is 11.1 Å². The van der Waals surface area contributed by atoms with Crippen LogP contribution < -0.4 is 0 Å². The Hall–Kier alpha value is -1.32. The molecule has 0 aromatic carbocycles. The summed E-state index contributed by atoms with van der Waals surface area (Å²) >= 11 is 0. The molecular weight excluding hydrogens is 288 g/mol. The first kappa shape index (κ1) is 18.0. The molecule has 1 saturated carbocycles. The SMILES string of the molecule is CCN(CC)C(=O)C1C2CC(C(C)=C2C)C1C(=O)N(CC)CC. The van der Waals surface area contributed by atoms with E-state index in [0.717, 1.165) is 32.6 Å². The Labute approximate surface area is 140 Å². The Bertz CT molecular complexity index is 459. The maximum atomic E-state index is 13.1. The Balaban J connectivity index is 2.37. The predicted octanol–water partition coefficient (Wildman–Crippen LogP) is 2.94. The summed E-state index contributed by atoms with van der Waals surface area (Å²) in [6.45, 7) is 15.3. The Kier molecular flexibility index (Phi) is 5.53. The summed E-state index contributed by atoms with van der Waals surface area (Å²) in [6.07, 6.45) is 0.979. The maximum Gasteiger partial charge on any atom is 0.227 e. The molecule has 2 rings (SSSR count). The van der Waals surface area contributed by atoms with E-state index in [1.807, 2.05) is 37.5 Å². The molecule has 4 nitrogen and oxygen atoms in total. The highest BCUT2D eigenvalue weighted by atomic mass is 16.2. The van der Waals surface area contributed by atoms with Gasteiger partial charge in [-0.3, -0.25) is 9.59 Å². The molecule has 0 aromatic rings. The molecule has 0 N–H and O–H groups in total. The van der Waals surface area contributed by atoms with E-state index in [1.54, 1.807) is 0 Å². The lowest BCUT2D eigenvalue weighted by Gasteiger charge is -2.36. The lowest BCUT2D eigenvalue weighted by Crippen LogP contribution is -2.48. The zero-order valence-electron chi connectivity index (χ0n) is 15.6. The molecule has 4 unspecified atom stereocenters. The van der Waals surface area contributed by atoms with Gasteiger partial charge in [-0.05, 0) is 59.8 Å². The van der Waals surface area contributed by atoms with Crippen molar-refractivity contribution in [3.63, 3.8) is 0 Å². The Morgan fingerprint density at radius 2 is 1.09 bits per heavy atom. The van der Waals surface area contributed by atoms with Crippen molar-refractivity contribution in [2.45, 2.75) is 48.0 Å². The molecular formula is C19H32N2O2. The lowest BCUT2D eigenvalue weighted by atomic mass is 9.75. The summed E-state index contributed by atoms with van der Waals surface area (Å²) in [4.78, 5) is 30.0. The summed E-state index contributed by atoms with van der Waals surface area (Å²) < 4.78 is 0. The molecule has 130 valence electrons. The highest BCUT2D eigenvalue weighted by Crippen LogP contribution is 2.56. The summed E-state index contributed by atoms with van der Waals surface area (Å²) in [5.74, 6) is 0.573. The molecule has 23 heavy (non-hydrogen) atoms. The van der Waals surface area contributed by atoms with E-state index in [4.69, 9.17) is 0 Å². The first-order valence-electron chi connectivity index (χ1n) is 9.17. The Morgan fingerprint density at radius 3 is 1.35 bits per heavy atom. The van der Waals surface area contributed by atoms with Gasteiger partial charge in [0.2, 0.25) is 11.8 Å². The quantitative estimate of drug-likeness (QED) is 0.706. The van der Waals surface area contributed by atoms with Gasteiger partial charge in [-0.15, -0.1) is 0 Å². The van der Waals surface area contributed by atoms with Crippen LogP contribution in [0, 0.1) is 23.7 Å². The number of fused-ring (bicyclic) bond motifs is 2. The lowest BCUT2D eigenvalue weighted by molar-refractivity contribution is -0.146. The summed E-state index contributed by atoms with van der Waals surface area (Å²) in [5, 5.41) is 0. The van der Waals surface area contributed by atoms with Gasteiger partial charge in [-0.25, -0.2) is 0 Å². The summed E-state index contributed by atoms with van der Waals surface area (Å²) in [5.41, 5.74) is 2.70. The number of hydrogen-bond donors (Lipinski definition) is 0.